The maximum absolute atomic E-state index is 11.2. The molecule has 1 heterocycles. The lowest BCUT2D eigenvalue weighted by molar-refractivity contribution is -0.386. The molecule has 0 spiro atoms. The molecule has 20 heavy (non-hydrogen) atoms. The maximum atomic E-state index is 11.2. The lowest BCUT2D eigenvalue weighted by atomic mass is 10.1. The molecule has 0 aliphatic carbocycles. The molecule has 1 N–H and O–H groups in total. The number of hydrogen-bond donors (Lipinski definition) is 1. The summed E-state index contributed by atoms with van der Waals surface area (Å²) in [5.74, 6) is 1.12. The first-order valence-electron chi connectivity index (χ1n) is 6.34. The molecule has 0 aromatic heterocycles. The van der Waals surface area contributed by atoms with E-state index in [2.05, 4.69) is 10.3 Å². The molecule has 0 bridgehead atoms. The minimum atomic E-state index is -0.473. The minimum Gasteiger partial charge on any atom is -0.493 e. The van der Waals surface area contributed by atoms with Crippen molar-refractivity contribution in [3.05, 3.63) is 27.8 Å². The molecule has 1 aromatic carbocycles. The van der Waals surface area contributed by atoms with Crippen LogP contribution in [0.2, 0.25) is 0 Å². The van der Waals surface area contributed by atoms with Crippen LogP contribution in [0.4, 0.5) is 5.69 Å². The molecule has 1 aliphatic heterocycles. The van der Waals surface area contributed by atoms with Gasteiger partial charge in [-0.05, 0) is 19.9 Å². The summed E-state index contributed by atoms with van der Waals surface area (Å²) in [7, 11) is 1.46. The minimum absolute atomic E-state index is 0.121. The highest BCUT2D eigenvalue weighted by Crippen LogP contribution is 2.39. The van der Waals surface area contributed by atoms with E-state index in [1.165, 1.54) is 13.2 Å². The molecule has 108 valence electrons. The molecular weight excluding hydrogens is 262 g/mol. The van der Waals surface area contributed by atoms with Crippen LogP contribution in [0.3, 0.4) is 0 Å². The summed E-state index contributed by atoms with van der Waals surface area (Å²) >= 11 is 0. The number of ether oxygens (including phenoxy) is 2. The first-order chi connectivity index (χ1) is 9.52. The van der Waals surface area contributed by atoms with Crippen molar-refractivity contribution in [3.8, 4) is 11.5 Å². The van der Waals surface area contributed by atoms with Gasteiger partial charge in [-0.15, -0.1) is 0 Å². The van der Waals surface area contributed by atoms with Gasteiger partial charge >= 0.3 is 5.69 Å². The van der Waals surface area contributed by atoms with Crippen molar-refractivity contribution in [2.75, 3.05) is 20.2 Å². The van der Waals surface area contributed by atoms with Crippen molar-refractivity contribution < 1.29 is 14.4 Å². The Hall–Kier alpha value is -2.31. The van der Waals surface area contributed by atoms with E-state index in [9.17, 15) is 10.1 Å². The smallest absolute Gasteiger partial charge is 0.315 e. The number of nitrogens with zero attached hydrogens (tertiary/aromatic N) is 2. The highest BCUT2D eigenvalue weighted by atomic mass is 16.6. The standard InChI is InChI=1S/C13H17N3O4/c1-8(2)20-12-10(16(17)18)6-9(7-11(12)19-3)13-14-4-5-15-13/h6-8H,4-5H2,1-3H3,(H,14,15). The number of rotatable bonds is 5. The molecule has 0 saturated carbocycles. The van der Waals surface area contributed by atoms with Gasteiger partial charge in [0, 0.05) is 18.2 Å². The van der Waals surface area contributed by atoms with Crippen molar-refractivity contribution in [3.63, 3.8) is 0 Å². The van der Waals surface area contributed by atoms with Crippen LogP contribution in [-0.2, 0) is 0 Å². The fourth-order valence-electron chi connectivity index (χ4n) is 1.96. The zero-order valence-corrected chi connectivity index (χ0v) is 11.7. The summed E-state index contributed by atoms with van der Waals surface area (Å²) in [6, 6.07) is 3.15. The first-order valence-corrected chi connectivity index (χ1v) is 6.34. The van der Waals surface area contributed by atoms with E-state index in [4.69, 9.17) is 9.47 Å². The summed E-state index contributed by atoms with van der Waals surface area (Å²) in [5, 5.41) is 14.3. The number of hydrogen-bond acceptors (Lipinski definition) is 6. The van der Waals surface area contributed by atoms with E-state index in [1.807, 2.05) is 0 Å². The summed E-state index contributed by atoms with van der Waals surface area (Å²) in [6.45, 7) is 5.00. The summed E-state index contributed by atoms with van der Waals surface area (Å²) < 4.78 is 10.7. The number of nitro benzene ring substituents is 1. The van der Waals surface area contributed by atoms with Gasteiger partial charge in [-0.1, -0.05) is 0 Å². The van der Waals surface area contributed by atoms with E-state index in [1.54, 1.807) is 19.9 Å². The second-order valence-corrected chi connectivity index (χ2v) is 4.61. The van der Waals surface area contributed by atoms with Crippen LogP contribution < -0.4 is 14.8 Å². The van der Waals surface area contributed by atoms with Crippen LogP contribution in [-0.4, -0.2) is 37.1 Å². The fraction of sp³-hybridized carbons (Fsp3) is 0.462. The van der Waals surface area contributed by atoms with E-state index >= 15 is 0 Å². The van der Waals surface area contributed by atoms with Crippen LogP contribution in [0, 0.1) is 10.1 Å². The fourth-order valence-corrected chi connectivity index (χ4v) is 1.96. The predicted octanol–water partition coefficient (Wildman–Crippen LogP) is 1.74. The Kier molecular flexibility index (Phi) is 4.07. The van der Waals surface area contributed by atoms with Gasteiger partial charge in [0.25, 0.3) is 0 Å². The quantitative estimate of drug-likeness (QED) is 0.655. The zero-order chi connectivity index (χ0) is 14.7. The van der Waals surface area contributed by atoms with Gasteiger partial charge in [-0.25, -0.2) is 0 Å². The Morgan fingerprint density at radius 2 is 2.20 bits per heavy atom. The van der Waals surface area contributed by atoms with Gasteiger partial charge in [-0.3, -0.25) is 15.1 Å². The molecule has 7 heteroatoms. The van der Waals surface area contributed by atoms with E-state index in [0.29, 0.717) is 23.7 Å². The Balaban J connectivity index is 2.53. The topological polar surface area (TPSA) is 86.0 Å². The molecule has 0 radical (unpaired) electrons. The Morgan fingerprint density at radius 1 is 1.45 bits per heavy atom. The molecule has 1 aliphatic rings. The van der Waals surface area contributed by atoms with Gasteiger partial charge in [0.15, 0.2) is 5.75 Å². The molecule has 0 fully saturated rings. The van der Waals surface area contributed by atoms with Crippen molar-refractivity contribution >= 4 is 11.5 Å². The number of amidine groups is 1. The summed E-state index contributed by atoms with van der Waals surface area (Å²) in [4.78, 5) is 15.0. The monoisotopic (exact) mass is 279 g/mol. The molecule has 0 atom stereocenters. The third kappa shape index (κ3) is 2.81. The van der Waals surface area contributed by atoms with Crippen molar-refractivity contribution in [2.45, 2.75) is 20.0 Å². The van der Waals surface area contributed by atoms with E-state index in [-0.39, 0.29) is 17.5 Å². The Labute approximate surface area is 116 Å². The molecule has 1 aromatic rings. The predicted molar refractivity (Wildman–Crippen MR) is 74.8 cm³/mol. The second kappa shape index (κ2) is 5.77. The third-order valence-corrected chi connectivity index (χ3v) is 2.75. The van der Waals surface area contributed by atoms with Gasteiger partial charge in [0.2, 0.25) is 5.75 Å². The largest absolute Gasteiger partial charge is 0.493 e. The molecule has 7 nitrogen and oxygen atoms in total. The van der Waals surface area contributed by atoms with Gasteiger partial charge in [0.05, 0.1) is 24.7 Å². The lowest BCUT2D eigenvalue weighted by Crippen LogP contribution is -2.20. The normalized spacial score (nSPS) is 13.9. The zero-order valence-electron chi connectivity index (χ0n) is 11.7. The highest BCUT2D eigenvalue weighted by Gasteiger charge is 2.25. The number of benzene rings is 1. The average molecular weight is 279 g/mol. The molecule has 0 unspecified atom stereocenters. The Bertz CT molecular complexity index is 555. The molecule has 2 rings (SSSR count). The first kappa shape index (κ1) is 14.1. The highest BCUT2D eigenvalue weighted by molar-refractivity contribution is 6.01. The summed E-state index contributed by atoms with van der Waals surface area (Å²) in [5.41, 5.74) is 0.506. The SMILES string of the molecule is COc1cc(C2=NCCN2)cc([N+](=O)[O-])c1OC(C)C. The van der Waals surface area contributed by atoms with Crippen molar-refractivity contribution in [1.29, 1.82) is 0 Å². The number of nitro groups is 1. The van der Waals surface area contributed by atoms with Crippen LogP contribution in [0.25, 0.3) is 0 Å². The Morgan fingerprint density at radius 3 is 2.70 bits per heavy atom. The van der Waals surface area contributed by atoms with Crippen molar-refractivity contribution in [2.24, 2.45) is 4.99 Å². The van der Waals surface area contributed by atoms with E-state index in [0.717, 1.165) is 6.54 Å². The lowest BCUT2D eigenvalue weighted by Gasteiger charge is -2.15. The van der Waals surface area contributed by atoms with Crippen LogP contribution in [0.1, 0.15) is 19.4 Å². The molecule has 0 saturated heterocycles. The molecular formula is C13H17N3O4. The maximum Gasteiger partial charge on any atom is 0.315 e. The average Bonchev–Trinajstić information content (AvgIpc) is 2.91. The van der Waals surface area contributed by atoms with Crippen molar-refractivity contribution in [1.82, 2.24) is 5.32 Å². The van der Waals surface area contributed by atoms with Gasteiger partial charge in [0.1, 0.15) is 5.84 Å². The van der Waals surface area contributed by atoms with E-state index < -0.39 is 4.92 Å². The van der Waals surface area contributed by atoms with Gasteiger partial charge < -0.3 is 14.8 Å². The number of aliphatic imine (C=N–C) groups is 1. The summed E-state index contributed by atoms with van der Waals surface area (Å²) in [6.07, 6.45) is -0.185. The number of methoxy groups -OCH3 is 1. The van der Waals surface area contributed by atoms with Gasteiger partial charge in [-0.2, -0.15) is 0 Å². The van der Waals surface area contributed by atoms with Crippen LogP contribution in [0.15, 0.2) is 17.1 Å². The van der Waals surface area contributed by atoms with Crippen LogP contribution >= 0.6 is 0 Å². The third-order valence-electron chi connectivity index (χ3n) is 2.75. The number of nitrogens with one attached hydrogen (secondary N) is 1. The second-order valence-electron chi connectivity index (χ2n) is 4.61. The molecule has 0 amide bonds. The van der Waals surface area contributed by atoms with Crippen LogP contribution in [0.5, 0.6) is 11.5 Å².